The Balaban J connectivity index is 1.99. The van der Waals surface area contributed by atoms with Gasteiger partial charge >= 0.3 is 6.09 Å². The molecule has 6 nitrogen and oxygen atoms in total. The Morgan fingerprint density at radius 1 is 1.05 bits per heavy atom. The molecular weight excluding hydrogens is 282 g/mol. The van der Waals surface area contributed by atoms with Crippen molar-refractivity contribution in [3.8, 4) is 0 Å². The summed E-state index contributed by atoms with van der Waals surface area (Å²) in [4.78, 5) is 27.5. The Kier molecular flexibility index (Phi) is 5.08. The van der Waals surface area contributed by atoms with Gasteiger partial charge in [-0.25, -0.2) is 9.78 Å². The van der Waals surface area contributed by atoms with E-state index in [-0.39, 0.29) is 5.91 Å². The molecule has 2 rings (SSSR count). The third-order valence-electron chi connectivity index (χ3n) is 2.79. The lowest BCUT2D eigenvalue weighted by molar-refractivity contribution is 0.102. The van der Waals surface area contributed by atoms with E-state index in [1.807, 2.05) is 13.0 Å². The molecular formula is C16H17N3O3. The topological polar surface area (TPSA) is 80.3 Å². The molecule has 6 heteroatoms. The van der Waals surface area contributed by atoms with E-state index in [9.17, 15) is 9.59 Å². The summed E-state index contributed by atoms with van der Waals surface area (Å²) in [6.07, 6.45) is -0.511. The summed E-state index contributed by atoms with van der Waals surface area (Å²) in [6, 6.07) is 12.0. The van der Waals surface area contributed by atoms with Gasteiger partial charge < -0.3 is 10.1 Å². The van der Waals surface area contributed by atoms with Crippen LogP contribution in [0.5, 0.6) is 0 Å². The van der Waals surface area contributed by atoms with Gasteiger partial charge in [0.15, 0.2) is 0 Å². The van der Waals surface area contributed by atoms with Gasteiger partial charge in [-0.15, -0.1) is 0 Å². The smallest absolute Gasteiger partial charge is 0.411 e. The number of ether oxygens (including phenoxy) is 1. The van der Waals surface area contributed by atoms with Crippen molar-refractivity contribution in [2.45, 2.75) is 13.8 Å². The fourth-order valence-corrected chi connectivity index (χ4v) is 1.79. The van der Waals surface area contributed by atoms with Crippen LogP contribution >= 0.6 is 0 Å². The molecule has 114 valence electrons. The van der Waals surface area contributed by atoms with Crippen molar-refractivity contribution in [3.05, 3.63) is 53.9 Å². The average Bonchev–Trinajstić information content (AvgIpc) is 2.49. The van der Waals surface area contributed by atoms with Crippen molar-refractivity contribution in [1.82, 2.24) is 4.98 Å². The van der Waals surface area contributed by atoms with E-state index in [0.717, 1.165) is 5.69 Å². The molecule has 0 saturated carbocycles. The molecule has 0 bridgehead atoms. The zero-order valence-electron chi connectivity index (χ0n) is 12.4. The van der Waals surface area contributed by atoms with Gasteiger partial charge in [0.05, 0.1) is 6.61 Å². The fraction of sp³-hybridized carbons (Fsp3) is 0.188. The molecule has 0 unspecified atom stereocenters. The summed E-state index contributed by atoms with van der Waals surface area (Å²) < 4.78 is 4.78. The molecule has 0 aliphatic heterocycles. The molecule has 0 spiro atoms. The Bertz CT molecular complexity index is 669. The molecule has 1 aromatic heterocycles. The number of carbonyl (C=O) groups is 2. The monoisotopic (exact) mass is 299 g/mol. The summed E-state index contributed by atoms with van der Waals surface area (Å²) in [7, 11) is 0. The van der Waals surface area contributed by atoms with Crippen LogP contribution in [-0.4, -0.2) is 23.6 Å². The number of hydrogen-bond acceptors (Lipinski definition) is 4. The Hall–Kier alpha value is -2.89. The van der Waals surface area contributed by atoms with Gasteiger partial charge in [-0.2, -0.15) is 0 Å². The highest BCUT2D eigenvalue weighted by Crippen LogP contribution is 2.14. The number of nitrogens with one attached hydrogen (secondary N) is 2. The van der Waals surface area contributed by atoms with E-state index >= 15 is 0 Å². The van der Waals surface area contributed by atoms with E-state index in [1.54, 1.807) is 43.3 Å². The third-order valence-corrected chi connectivity index (χ3v) is 2.79. The number of aromatic nitrogens is 1. The highest BCUT2D eigenvalue weighted by atomic mass is 16.5. The number of anilines is 2. The van der Waals surface area contributed by atoms with Crippen LogP contribution in [0.1, 0.15) is 23.1 Å². The van der Waals surface area contributed by atoms with E-state index in [1.165, 1.54) is 0 Å². The van der Waals surface area contributed by atoms with E-state index in [4.69, 9.17) is 4.74 Å². The summed E-state index contributed by atoms with van der Waals surface area (Å²) in [5, 5.41) is 5.32. The summed E-state index contributed by atoms with van der Waals surface area (Å²) in [5.74, 6) is -0.283. The van der Waals surface area contributed by atoms with Crippen molar-refractivity contribution < 1.29 is 14.3 Å². The number of aryl methyl sites for hydroxylation is 1. The van der Waals surface area contributed by atoms with Crippen LogP contribution in [0.4, 0.5) is 16.2 Å². The Morgan fingerprint density at radius 3 is 2.27 bits per heavy atom. The molecule has 0 aliphatic carbocycles. The van der Waals surface area contributed by atoms with Crippen LogP contribution in [0.2, 0.25) is 0 Å². The molecule has 0 radical (unpaired) electrons. The second-order valence-electron chi connectivity index (χ2n) is 4.54. The number of rotatable bonds is 4. The van der Waals surface area contributed by atoms with Crippen molar-refractivity contribution in [2.75, 3.05) is 17.2 Å². The quantitative estimate of drug-likeness (QED) is 0.908. The largest absolute Gasteiger partial charge is 0.450 e. The SMILES string of the molecule is CCOC(=O)Nc1ccc(NC(=O)c2cccc(C)n2)cc1. The van der Waals surface area contributed by atoms with Crippen molar-refractivity contribution in [2.24, 2.45) is 0 Å². The van der Waals surface area contributed by atoms with Crippen molar-refractivity contribution in [3.63, 3.8) is 0 Å². The highest BCUT2D eigenvalue weighted by molar-refractivity contribution is 6.03. The summed E-state index contributed by atoms with van der Waals surface area (Å²) in [6.45, 7) is 3.87. The van der Waals surface area contributed by atoms with Crippen LogP contribution < -0.4 is 10.6 Å². The lowest BCUT2D eigenvalue weighted by Gasteiger charge is -2.08. The zero-order valence-corrected chi connectivity index (χ0v) is 12.4. The minimum absolute atomic E-state index is 0.283. The van der Waals surface area contributed by atoms with Crippen LogP contribution in [-0.2, 0) is 4.74 Å². The van der Waals surface area contributed by atoms with Gasteiger partial charge in [0, 0.05) is 17.1 Å². The lowest BCUT2D eigenvalue weighted by atomic mass is 10.2. The highest BCUT2D eigenvalue weighted by Gasteiger charge is 2.08. The van der Waals surface area contributed by atoms with Crippen molar-refractivity contribution in [1.29, 1.82) is 0 Å². The number of amides is 2. The molecule has 1 heterocycles. The van der Waals surface area contributed by atoms with Gasteiger partial charge in [0.1, 0.15) is 5.69 Å². The normalized spacial score (nSPS) is 9.91. The number of pyridine rings is 1. The van der Waals surface area contributed by atoms with Gasteiger partial charge in [0.2, 0.25) is 0 Å². The second-order valence-corrected chi connectivity index (χ2v) is 4.54. The zero-order chi connectivity index (χ0) is 15.9. The van der Waals surface area contributed by atoms with Gasteiger partial charge in [-0.1, -0.05) is 6.07 Å². The minimum Gasteiger partial charge on any atom is -0.450 e. The lowest BCUT2D eigenvalue weighted by Crippen LogP contribution is -2.15. The van der Waals surface area contributed by atoms with Gasteiger partial charge in [0.25, 0.3) is 5.91 Å². The molecule has 2 amide bonds. The average molecular weight is 299 g/mol. The maximum absolute atomic E-state index is 12.1. The molecule has 0 aliphatic rings. The number of nitrogens with zero attached hydrogens (tertiary/aromatic N) is 1. The van der Waals surface area contributed by atoms with E-state index < -0.39 is 6.09 Å². The summed E-state index contributed by atoms with van der Waals surface area (Å²) >= 11 is 0. The third kappa shape index (κ3) is 4.31. The molecule has 2 aromatic rings. The maximum atomic E-state index is 12.1. The molecule has 22 heavy (non-hydrogen) atoms. The van der Waals surface area contributed by atoms with Gasteiger partial charge in [-0.3, -0.25) is 10.1 Å². The number of benzene rings is 1. The molecule has 0 atom stereocenters. The second kappa shape index (κ2) is 7.21. The van der Waals surface area contributed by atoms with Crippen molar-refractivity contribution >= 4 is 23.4 Å². The summed E-state index contributed by atoms with van der Waals surface area (Å²) in [5.41, 5.74) is 2.34. The predicted molar refractivity (Wildman–Crippen MR) is 84.0 cm³/mol. The first-order chi connectivity index (χ1) is 10.6. The van der Waals surface area contributed by atoms with Crippen LogP contribution in [0.25, 0.3) is 0 Å². The van der Waals surface area contributed by atoms with Crippen LogP contribution in [0.3, 0.4) is 0 Å². The first-order valence-corrected chi connectivity index (χ1v) is 6.87. The predicted octanol–water partition coefficient (Wildman–Crippen LogP) is 3.21. The molecule has 0 saturated heterocycles. The minimum atomic E-state index is -0.511. The molecule has 2 N–H and O–H groups in total. The molecule has 1 aromatic carbocycles. The standard InChI is InChI=1S/C16H17N3O3/c1-3-22-16(21)19-13-9-7-12(8-10-13)18-15(20)14-6-4-5-11(2)17-14/h4-10H,3H2,1-2H3,(H,18,20)(H,19,21). The first kappa shape index (κ1) is 15.5. The van der Waals surface area contributed by atoms with E-state index in [0.29, 0.717) is 23.7 Å². The number of carbonyl (C=O) groups excluding carboxylic acids is 2. The fourth-order valence-electron chi connectivity index (χ4n) is 1.79. The Labute approximate surface area is 128 Å². The van der Waals surface area contributed by atoms with Gasteiger partial charge in [-0.05, 0) is 50.2 Å². The maximum Gasteiger partial charge on any atom is 0.411 e. The Morgan fingerprint density at radius 2 is 1.68 bits per heavy atom. The van der Waals surface area contributed by atoms with Crippen LogP contribution in [0.15, 0.2) is 42.5 Å². The van der Waals surface area contributed by atoms with E-state index in [2.05, 4.69) is 15.6 Å². The number of hydrogen-bond donors (Lipinski definition) is 2. The molecule has 0 fully saturated rings. The first-order valence-electron chi connectivity index (χ1n) is 6.87. The van der Waals surface area contributed by atoms with Crippen LogP contribution in [0, 0.1) is 6.92 Å².